The Kier molecular flexibility index (Phi) is 4.90. The number of hydrogen-bond donors (Lipinski definition) is 1. The molecule has 0 unspecified atom stereocenters. The number of ketones is 1. The van der Waals surface area contributed by atoms with Crippen molar-refractivity contribution in [3.8, 4) is 0 Å². The summed E-state index contributed by atoms with van der Waals surface area (Å²) >= 11 is 0. The van der Waals surface area contributed by atoms with Crippen molar-refractivity contribution in [2.24, 2.45) is 5.92 Å². The molecule has 0 aromatic heterocycles. The summed E-state index contributed by atoms with van der Waals surface area (Å²) < 4.78 is 0. The molecule has 1 saturated heterocycles. The highest BCUT2D eigenvalue weighted by molar-refractivity contribution is 5.97. The Bertz CT molecular complexity index is 499. The SMILES string of the molecule is CC(=O)c1cccc(NC(=O)CN2CCC[C@@H](C)C2)c1. The second-order valence-electron chi connectivity index (χ2n) is 5.67. The van der Waals surface area contributed by atoms with Gasteiger partial charge < -0.3 is 5.32 Å². The molecular weight excluding hydrogens is 252 g/mol. The maximum atomic E-state index is 12.0. The molecule has 1 fully saturated rings. The zero-order valence-corrected chi connectivity index (χ0v) is 12.2. The molecule has 1 aromatic rings. The molecule has 1 aliphatic heterocycles. The van der Waals surface area contributed by atoms with Crippen LogP contribution in [0.5, 0.6) is 0 Å². The van der Waals surface area contributed by atoms with E-state index in [4.69, 9.17) is 0 Å². The highest BCUT2D eigenvalue weighted by Crippen LogP contribution is 2.15. The van der Waals surface area contributed by atoms with E-state index in [1.54, 1.807) is 18.2 Å². The lowest BCUT2D eigenvalue weighted by atomic mass is 10.0. The Morgan fingerprint density at radius 3 is 2.90 bits per heavy atom. The van der Waals surface area contributed by atoms with E-state index in [1.807, 2.05) is 6.07 Å². The quantitative estimate of drug-likeness (QED) is 0.858. The van der Waals surface area contributed by atoms with Gasteiger partial charge in [-0.1, -0.05) is 19.1 Å². The van der Waals surface area contributed by atoms with Crippen LogP contribution < -0.4 is 5.32 Å². The lowest BCUT2D eigenvalue weighted by Gasteiger charge is -2.30. The normalized spacial score (nSPS) is 19.6. The molecule has 1 aromatic carbocycles. The van der Waals surface area contributed by atoms with Gasteiger partial charge in [-0.05, 0) is 44.4 Å². The summed E-state index contributed by atoms with van der Waals surface area (Å²) in [4.78, 5) is 25.5. The van der Waals surface area contributed by atoms with Crippen LogP contribution in [0.4, 0.5) is 5.69 Å². The average Bonchev–Trinajstić information content (AvgIpc) is 2.38. The van der Waals surface area contributed by atoms with E-state index in [9.17, 15) is 9.59 Å². The zero-order valence-electron chi connectivity index (χ0n) is 12.2. The number of nitrogens with zero attached hydrogens (tertiary/aromatic N) is 1. The highest BCUT2D eigenvalue weighted by Gasteiger charge is 2.18. The molecule has 1 atom stereocenters. The molecule has 0 aliphatic carbocycles. The number of piperidine rings is 1. The van der Waals surface area contributed by atoms with Gasteiger partial charge in [-0.15, -0.1) is 0 Å². The first kappa shape index (κ1) is 14.7. The lowest BCUT2D eigenvalue weighted by molar-refractivity contribution is -0.117. The smallest absolute Gasteiger partial charge is 0.238 e. The fourth-order valence-corrected chi connectivity index (χ4v) is 2.65. The third-order valence-corrected chi connectivity index (χ3v) is 3.66. The Hall–Kier alpha value is -1.68. The third kappa shape index (κ3) is 4.17. The van der Waals surface area contributed by atoms with E-state index in [0.717, 1.165) is 19.5 Å². The molecule has 0 bridgehead atoms. The number of Topliss-reactive ketones (excluding diaryl/α,β-unsaturated/α-hetero) is 1. The van der Waals surface area contributed by atoms with Crippen molar-refractivity contribution >= 4 is 17.4 Å². The molecule has 0 spiro atoms. The van der Waals surface area contributed by atoms with Crippen molar-refractivity contribution in [1.29, 1.82) is 0 Å². The second-order valence-corrected chi connectivity index (χ2v) is 5.67. The van der Waals surface area contributed by atoms with E-state index < -0.39 is 0 Å². The van der Waals surface area contributed by atoms with Gasteiger partial charge in [-0.2, -0.15) is 0 Å². The van der Waals surface area contributed by atoms with Gasteiger partial charge >= 0.3 is 0 Å². The van der Waals surface area contributed by atoms with Gasteiger partial charge in [-0.25, -0.2) is 0 Å². The number of amides is 1. The first-order valence-corrected chi connectivity index (χ1v) is 7.18. The average molecular weight is 274 g/mol. The summed E-state index contributed by atoms with van der Waals surface area (Å²) in [6.07, 6.45) is 2.41. The Morgan fingerprint density at radius 1 is 1.40 bits per heavy atom. The number of nitrogens with one attached hydrogen (secondary N) is 1. The minimum Gasteiger partial charge on any atom is -0.325 e. The van der Waals surface area contributed by atoms with Gasteiger partial charge in [0.15, 0.2) is 5.78 Å². The van der Waals surface area contributed by atoms with Crippen LogP contribution in [-0.4, -0.2) is 36.2 Å². The van der Waals surface area contributed by atoms with Crippen LogP contribution in [0.25, 0.3) is 0 Å². The minimum absolute atomic E-state index is 0.00551. The van der Waals surface area contributed by atoms with Crippen molar-refractivity contribution < 1.29 is 9.59 Å². The molecule has 4 heteroatoms. The van der Waals surface area contributed by atoms with Crippen molar-refractivity contribution in [1.82, 2.24) is 4.90 Å². The number of benzene rings is 1. The van der Waals surface area contributed by atoms with Crippen LogP contribution >= 0.6 is 0 Å². The number of rotatable bonds is 4. The Labute approximate surface area is 120 Å². The van der Waals surface area contributed by atoms with E-state index in [-0.39, 0.29) is 11.7 Å². The molecule has 1 amide bonds. The number of likely N-dealkylation sites (tertiary alicyclic amines) is 1. The van der Waals surface area contributed by atoms with Crippen LogP contribution in [0.15, 0.2) is 24.3 Å². The van der Waals surface area contributed by atoms with Crippen molar-refractivity contribution in [3.63, 3.8) is 0 Å². The van der Waals surface area contributed by atoms with Gasteiger partial charge in [0.05, 0.1) is 6.54 Å². The summed E-state index contributed by atoms with van der Waals surface area (Å²) in [5.41, 5.74) is 1.31. The van der Waals surface area contributed by atoms with Crippen LogP contribution in [0, 0.1) is 5.92 Å². The second kappa shape index (κ2) is 6.66. The molecule has 1 N–H and O–H groups in total. The van der Waals surface area contributed by atoms with Gasteiger partial charge in [0, 0.05) is 17.8 Å². The third-order valence-electron chi connectivity index (χ3n) is 3.66. The number of anilines is 1. The zero-order chi connectivity index (χ0) is 14.5. The largest absolute Gasteiger partial charge is 0.325 e. The summed E-state index contributed by atoms with van der Waals surface area (Å²) in [5.74, 6) is 0.656. The standard InChI is InChI=1S/C16H22N2O2/c1-12-5-4-8-18(10-12)11-16(20)17-15-7-3-6-14(9-15)13(2)19/h3,6-7,9,12H,4-5,8,10-11H2,1-2H3,(H,17,20)/t12-/m1/s1. The molecule has 1 aliphatic rings. The van der Waals surface area contributed by atoms with Crippen LogP contribution in [-0.2, 0) is 4.79 Å². The monoisotopic (exact) mass is 274 g/mol. The first-order chi connectivity index (χ1) is 9.54. The number of carbonyl (C=O) groups excluding carboxylic acids is 2. The van der Waals surface area contributed by atoms with Gasteiger partial charge in [0.1, 0.15) is 0 Å². The molecule has 2 rings (SSSR count). The molecule has 4 nitrogen and oxygen atoms in total. The number of hydrogen-bond acceptors (Lipinski definition) is 3. The highest BCUT2D eigenvalue weighted by atomic mass is 16.2. The molecule has 1 heterocycles. The van der Waals surface area contributed by atoms with Crippen molar-refractivity contribution in [2.45, 2.75) is 26.7 Å². The molecule has 0 radical (unpaired) electrons. The van der Waals surface area contributed by atoms with Gasteiger partial charge in [0.25, 0.3) is 0 Å². The minimum atomic E-state index is -0.0141. The van der Waals surface area contributed by atoms with Crippen LogP contribution in [0.3, 0.4) is 0 Å². The Morgan fingerprint density at radius 2 is 2.20 bits per heavy atom. The predicted octanol–water partition coefficient (Wildman–Crippen LogP) is 2.56. The summed E-state index contributed by atoms with van der Waals surface area (Å²) in [6, 6.07) is 7.07. The summed E-state index contributed by atoms with van der Waals surface area (Å²) in [5, 5.41) is 2.87. The fraction of sp³-hybridized carbons (Fsp3) is 0.500. The van der Waals surface area contributed by atoms with Crippen LogP contribution in [0.2, 0.25) is 0 Å². The maximum absolute atomic E-state index is 12.0. The summed E-state index contributed by atoms with van der Waals surface area (Å²) in [6.45, 7) is 6.15. The predicted molar refractivity (Wildman–Crippen MR) is 79.9 cm³/mol. The van der Waals surface area contributed by atoms with Crippen molar-refractivity contribution in [3.05, 3.63) is 29.8 Å². The lowest BCUT2D eigenvalue weighted by Crippen LogP contribution is -2.39. The van der Waals surface area contributed by atoms with E-state index in [2.05, 4.69) is 17.1 Å². The van der Waals surface area contributed by atoms with Gasteiger partial charge in [-0.3, -0.25) is 14.5 Å². The number of carbonyl (C=O) groups is 2. The van der Waals surface area contributed by atoms with Crippen molar-refractivity contribution in [2.75, 3.05) is 25.0 Å². The topological polar surface area (TPSA) is 49.4 Å². The maximum Gasteiger partial charge on any atom is 0.238 e. The molecule has 0 saturated carbocycles. The molecular formula is C16H22N2O2. The fourth-order valence-electron chi connectivity index (χ4n) is 2.65. The van der Waals surface area contributed by atoms with E-state index in [0.29, 0.717) is 23.7 Å². The van der Waals surface area contributed by atoms with Crippen LogP contribution in [0.1, 0.15) is 37.0 Å². The molecule has 108 valence electrons. The summed E-state index contributed by atoms with van der Waals surface area (Å²) in [7, 11) is 0. The van der Waals surface area contributed by atoms with Gasteiger partial charge in [0.2, 0.25) is 5.91 Å². The van der Waals surface area contributed by atoms with E-state index >= 15 is 0 Å². The first-order valence-electron chi connectivity index (χ1n) is 7.18. The molecule has 20 heavy (non-hydrogen) atoms. The Balaban J connectivity index is 1.91. The van der Waals surface area contributed by atoms with E-state index in [1.165, 1.54) is 13.3 Å².